The van der Waals surface area contributed by atoms with Gasteiger partial charge in [0.1, 0.15) is 5.75 Å². The van der Waals surface area contributed by atoms with Gasteiger partial charge >= 0.3 is 0 Å². The van der Waals surface area contributed by atoms with Crippen LogP contribution in [0, 0.1) is 0 Å². The number of ether oxygens (including phenoxy) is 2. The summed E-state index contributed by atoms with van der Waals surface area (Å²) in [6, 6.07) is 7.63. The largest absolute Gasteiger partial charge is 0.494 e. The van der Waals surface area contributed by atoms with Crippen LogP contribution in [0.1, 0.15) is 44.3 Å². The second-order valence-electron chi connectivity index (χ2n) is 4.87. The maximum Gasteiger partial charge on any atom is 0.119 e. The van der Waals surface area contributed by atoms with E-state index in [1.165, 1.54) is 12.8 Å². The van der Waals surface area contributed by atoms with Gasteiger partial charge in [-0.05, 0) is 50.3 Å². The highest BCUT2D eigenvalue weighted by Gasteiger charge is 2.14. The van der Waals surface area contributed by atoms with Crippen LogP contribution in [0.4, 0.5) is 0 Å². The minimum Gasteiger partial charge on any atom is -0.494 e. The summed E-state index contributed by atoms with van der Waals surface area (Å²) in [5.74, 6) is 0.867. The van der Waals surface area contributed by atoms with Crippen LogP contribution in [0.5, 0.6) is 5.75 Å². The first kappa shape index (κ1) is 13.4. The van der Waals surface area contributed by atoms with E-state index in [2.05, 4.69) is 0 Å². The molecule has 0 radical (unpaired) electrons. The Morgan fingerprint density at radius 2 is 2.17 bits per heavy atom. The van der Waals surface area contributed by atoms with Gasteiger partial charge in [-0.15, -0.1) is 0 Å². The molecule has 0 amide bonds. The molecule has 18 heavy (non-hydrogen) atoms. The highest BCUT2D eigenvalue weighted by Crippen LogP contribution is 2.19. The van der Waals surface area contributed by atoms with Crippen LogP contribution in [-0.2, 0) is 4.74 Å². The molecule has 0 aliphatic carbocycles. The van der Waals surface area contributed by atoms with Crippen LogP contribution in [0.25, 0.3) is 0 Å². The zero-order chi connectivity index (χ0) is 12.8. The van der Waals surface area contributed by atoms with Gasteiger partial charge in [0.25, 0.3) is 0 Å². The fourth-order valence-corrected chi connectivity index (χ4v) is 2.22. The van der Waals surface area contributed by atoms with E-state index in [1.807, 2.05) is 24.3 Å². The molecule has 1 aliphatic heterocycles. The van der Waals surface area contributed by atoms with Gasteiger partial charge in [-0.3, -0.25) is 0 Å². The Hall–Kier alpha value is -1.06. The quantitative estimate of drug-likeness (QED) is 0.789. The molecule has 0 spiro atoms. The number of aliphatic hydroxyl groups excluding tert-OH is 1. The molecule has 2 atom stereocenters. The van der Waals surface area contributed by atoms with Crippen LogP contribution >= 0.6 is 0 Å². The Balaban J connectivity index is 1.66. The summed E-state index contributed by atoms with van der Waals surface area (Å²) < 4.78 is 11.2. The van der Waals surface area contributed by atoms with Crippen molar-refractivity contribution in [1.29, 1.82) is 0 Å². The molecule has 1 aromatic rings. The molecule has 1 aliphatic rings. The van der Waals surface area contributed by atoms with E-state index < -0.39 is 6.10 Å². The van der Waals surface area contributed by atoms with Crippen LogP contribution in [0.3, 0.4) is 0 Å². The first-order chi connectivity index (χ1) is 8.75. The van der Waals surface area contributed by atoms with Gasteiger partial charge in [0.05, 0.1) is 18.8 Å². The molecule has 1 fully saturated rings. The third-order valence-corrected chi connectivity index (χ3v) is 3.33. The van der Waals surface area contributed by atoms with Crippen LogP contribution in [0.15, 0.2) is 24.3 Å². The summed E-state index contributed by atoms with van der Waals surface area (Å²) in [5, 5.41) is 9.40. The Bertz CT molecular complexity index is 339. The summed E-state index contributed by atoms with van der Waals surface area (Å²) in [4.78, 5) is 0. The lowest BCUT2D eigenvalue weighted by Crippen LogP contribution is -2.07. The van der Waals surface area contributed by atoms with E-state index in [0.717, 1.165) is 37.4 Å². The van der Waals surface area contributed by atoms with E-state index in [4.69, 9.17) is 9.47 Å². The van der Waals surface area contributed by atoms with Crippen molar-refractivity contribution >= 4 is 0 Å². The number of hydrogen-bond donors (Lipinski definition) is 1. The Labute approximate surface area is 109 Å². The fourth-order valence-electron chi connectivity index (χ4n) is 2.22. The molecule has 1 saturated heterocycles. The van der Waals surface area contributed by atoms with Crippen molar-refractivity contribution < 1.29 is 14.6 Å². The second-order valence-corrected chi connectivity index (χ2v) is 4.87. The predicted molar refractivity (Wildman–Crippen MR) is 70.8 cm³/mol. The SMILES string of the molecule is C[C@@H](O)c1ccc(OCCCC2CCCO2)cc1. The third kappa shape index (κ3) is 4.00. The maximum absolute atomic E-state index is 9.40. The first-order valence-electron chi connectivity index (χ1n) is 6.78. The summed E-state index contributed by atoms with van der Waals surface area (Å²) >= 11 is 0. The van der Waals surface area contributed by atoms with Gasteiger partial charge in [0.2, 0.25) is 0 Å². The van der Waals surface area contributed by atoms with Gasteiger partial charge < -0.3 is 14.6 Å². The average molecular weight is 250 g/mol. The van der Waals surface area contributed by atoms with Crippen molar-refractivity contribution in [1.82, 2.24) is 0 Å². The number of hydrogen-bond acceptors (Lipinski definition) is 3. The Kier molecular flexibility index (Phi) is 5.02. The van der Waals surface area contributed by atoms with Gasteiger partial charge in [-0.2, -0.15) is 0 Å². The molecule has 0 aromatic heterocycles. The molecule has 3 nitrogen and oxygen atoms in total. The highest BCUT2D eigenvalue weighted by atomic mass is 16.5. The zero-order valence-corrected chi connectivity index (χ0v) is 11.0. The van der Waals surface area contributed by atoms with Gasteiger partial charge in [-0.1, -0.05) is 12.1 Å². The fraction of sp³-hybridized carbons (Fsp3) is 0.600. The van der Waals surface area contributed by atoms with Crippen molar-refractivity contribution in [3.63, 3.8) is 0 Å². The van der Waals surface area contributed by atoms with Crippen molar-refractivity contribution in [2.24, 2.45) is 0 Å². The smallest absolute Gasteiger partial charge is 0.119 e. The van der Waals surface area contributed by atoms with E-state index in [-0.39, 0.29) is 0 Å². The molecule has 3 heteroatoms. The molecule has 1 N–H and O–H groups in total. The van der Waals surface area contributed by atoms with Gasteiger partial charge in [0, 0.05) is 6.61 Å². The predicted octanol–water partition coefficient (Wildman–Crippen LogP) is 3.08. The van der Waals surface area contributed by atoms with Gasteiger partial charge in [0.15, 0.2) is 0 Å². The summed E-state index contributed by atoms with van der Waals surface area (Å²) in [6.45, 7) is 3.41. The molecule has 1 aromatic carbocycles. The molecular formula is C15H22O3. The topological polar surface area (TPSA) is 38.7 Å². The molecule has 1 unspecified atom stereocenters. The molecular weight excluding hydrogens is 228 g/mol. The average Bonchev–Trinajstić information content (AvgIpc) is 2.88. The lowest BCUT2D eigenvalue weighted by molar-refractivity contribution is 0.0981. The van der Waals surface area contributed by atoms with Crippen LogP contribution < -0.4 is 4.74 Å². The molecule has 1 heterocycles. The number of aliphatic hydroxyl groups is 1. The zero-order valence-electron chi connectivity index (χ0n) is 11.0. The maximum atomic E-state index is 9.40. The van der Waals surface area contributed by atoms with E-state index in [1.54, 1.807) is 6.92 Å². The van der Waals surface area contributed by atoms with Crippen molar-refractivity contribution in [2.75, 3.05) is 13.2 Å². The summed E-state index contributed by atoms with van der Waals surface area (Å²) in [6.07, 6.45) is 4.55. The molecule has 0 bridgehead atoms. The lowest BCUT2D eigenvalue weighted by Gasteiger charge is -2.11. The second kappa shape index (κ2) is 6.76. The Morgan fingerprint density at radius 3 is 2.78 bits per heavy atom. The first-order valence-corrected chi connectivity index (χ1v) is 6.78. The molecule has 100 valence electrons. The van der Waals surface area contributed by atoms with E-state index >= 15 is 0 Å². The molecule has 2 rings (SSSR count). The van der Waals surface area contributed by atoms with E-state index in [9.17, 15) is 5.11 Å². The summed E-state index contributed by atoms with van der Waals surface area (Å²) in [7, 11) is 0. The van der Waals surface area contributed by atoms with E-state index in [0.29, 0.717) is 6.10 Å². The highest BCUT2D eigenvalue weighted by molar-refractivity contribution is 5.28. The number of benzene rings is 1. The Morgan fingerprint density at radius 1 is 1.39 bits per heavy atom. The normalized spacial score (nSPS) is 20.9. The standard InChI is InChI=1S/C15H22O3/c1-12(16)13-6-8-15(9-7-13)18-11-3-5-14-4-2-10-17-14/h6-9,12,14,16H,2-5,10-11H2,1H3/t12-,14?/m1/s1. The third-order valence-electron chi connectivity index (χ3n) is 3.33. The number of rotatable bonds is 6. The van der Waals surface area contributed by atoms with Crippen molar-refractivity contribution in [3.8, 4) is 5.75 Å². The van der Waals surface area contributed by atoms with Crippen LogP contribution in [0.2, 0.25) is 0 Å². The minimum atomic E-state index is -0.418. The van der Waals surface area contributed by atoms with Gasteiger partial charge in [-0.25, -0.2) is 0 Å². The summed E-state index contributed by atoms with van der Waals surface area (Å²) in [5.41, 5.74) is 0.918. The molecule has 0 saturated carbocycles. The monoisotopic (exact) mass is 250 g/mol. The van der Waals surface area contributed by atoms with Crippen molar-refractivity contribution in [3.05, 3.63) is 29.8 Å². The lowest BCUT2D eigenvalue weighted by atomic mass is 10.1. The van der Waals surface area contributed by atoms with Crippen molar-refractivity contribution in [2.45, 2.75) is 44.8 Å². The minimum absolute atomic E-state index is 0.418. The van der Waals surface area contributed by atoms with Crippen LogP contribution in [-0.4, -0.2) is 24.4 Å².